The number of hydrogen-bond donors (Lipinski definition) is 1. The first kappa shape index (κ1) is 19.4. The van der Waals surface area contributed by atoms with E-state index >= 15 is 0 Å². The SMILES string of the molecule is CC(C)(C)OC(=O)N1CC2(C1)CN(c1ccc(N)cc1OCCn1cccn1)C2. The maximum atomic E-state index is 12.2. The second kappa shape index (κ2) is 7.17. The number of nitrogen functional groups attached to an aromatic ring is 1. The second-order valence-corrected chi connectivity index (χ2v) is 9.04. The fourth-order valence-corrected chi connectivity index (χ4v) is 3.94. The van der Waals surface area contributed by atoms with Gasteiger partial charge in [-0.3, -0.25) is 4.68 Å². The van der Waals surface area contributed by atoms with E-state index < -0.39 is 5.60 Å². The molecule has 2 aliphatic heterocycles. The number of carbonyl (C=O) groups is 1. The molecule has 8 nitrogen and oxygen atoms in total. The third-order valence-corrected chi connectivity index (χ3v) is 5.22. The van der Waals surface area contributed by atoms with Crippen LogP contribution < -0.4 is 15.4 Å². The van der Waals surface area contributed by atoms with E-state index in [-0.39, 0.29) is 11.5 Å². The monoisotopic (exact) mass is 399 g/mol. The molecule has 0 aliphatic carbocycles. The summed E-state index contributed by atoms with van der Waals surface area (Å²) in [6.45, 7) is 10.1. The highest BCUT2D eigenvalue weighted by molar-refractivity contribution is 5.71. The molecule has 3 heterocycles. The smallest absolute Gasteiger partial charge is 0.410 e. The Labute approximate surface area is 171 Å². The molecular weight excluding hydrogens is 370 g/mol. The number of benzene rings is 1. The van der Waals surface area contributed by atoms with Crippen molar-refractivity contribution < 1.29 is 14.3 Å². The summed E-state index contributed by atoms with van der Waals surface area (Å²) in [6.07, 6.45) is 3.44. The zero-order valence-corrected chi connectivity index (χ0v) is 17.3. The normalized spacial score (nSPS) is 17.6. The Morgan fingerprint density at radius 3 is 2.66 bits per heavy atom. The van der Waals surface area contributed by atoms with Crippen molar-refractivity contribution >= 4 is 17.5 Å². The lowest BCUT2D eigenvalue weighted by Gasteiger charge is -2.60. The first-order valence-electron chi connectivity index (χ1n) is 9.96. The minimum Gasteiger partial charge on any atom is -0.489 e. The molecule has 1 aromatic heterocycles. The van der Waals surface area contributed by atoms with Crippen LogP contribution in [-0.4, -0.2) is 59.2 Å². The Bertz CT molecular complexity index is 861. The summed E-state index contributed by atoms with van der Waals surface area (Å²) >= 11 is 0. The van der Waals surface area contributed by atoms with Crippen LogP contribution in [0, 0.1) is 5.41 Å². The van der Waals surface area contributed by atoms with Gasteiger partial charge in [-0.05, 0) is 39.0 Å². The van der Waals surface area contributed by atoms with Crippen molar-refractivity contribution in [1.82, 2.24) is 14.7 Å². The average molecular weight is 399 g/mol. The van der Waals surface area contributed by atoms with E-state index in [1.807, 2.05) is 55.9 Å². The highest BCUT2D eigenvalue weighted by atomic mass is 16.6. The van der Waals surface area contributed by atoms with E-state index in [1.165, 1.54) is 0 Å². The molecule has 0 bridgehead atoms. The summed E-state index contributed by atoms with van der Waals surface area (Å²) in [5.41, 5.74) is 7.39. The molecule has 29 heavy (non-hydrogen) atoms. The van der Waals surface area contributed by atoms with Crippen LogP contribution in [0.25, 0.3) is 0 Å². The Hall–Kier alpha value is -2.90. The summed E-state index contributed by atoms with van der Waals surface area (Å²) in [5.74, 6) is 0.787. The van der Waals surface area contributed by atoms with Crippen molar-refractivity contribution in [3.8, 4) is 5.75 Å². The highest BCUT2D eigenvalue weighted by Crippen LogP contribution is 2.45. The van der Waals surface area contributed by atoms with E-state index in [9.17, 15) is 4.79 Å². The topological polar surface area (TPSA) is 85.9 Å². The minimum absolute atomic E-state index is 0.157. The molecule has 8 heteroatoms. The van der Waals surface area contributed by atoms with Crippen molar-refractivity contribution in [3.05, 3.63) is 36.7 Å². The lowest BCUT2D eigenvalue weighted by molar-refractivity contribution is -0.0454. The zero-order chi connectivity index (χ0) is 20.6. The molecule has 2 fully saturated rings. The molecule has 1 aromatic carbocycles. The molecular formula is C21H29N5O3. The second-order valence-electron chi connectivity index (χ2n) is 9.04. The van der Waals surface area contributed by atoms with Gasteiger partial charge in [0.1, 0.15) is 18.0 Å². The summed E-state index contributed by atoms with van der Waals surface area (Å²) in [7, 11) is 0. The Balaban J connectivity index is 1.32. The molecule has 1 spiro atoms. The van der Waals surface area contributed by atoms with Gasteiger partial charge in [0.2, 0.25) is 0 Å². The van der Waals surface area contributed by atoms with Gasteiger partial charge in [-0.15, -0.1) is 0 Å². The number of hydrogen-bond acceptors (Lipinski definition) is 6. The quantitative estimate of drug-likeness (QED) is 0.778. The third kappa shape index (κ3) is 4.26. The maximum Gasteiger partial charge on any atom is 0.410 e. The van der Waals surface area contributed by atoms with Crippen LogP contribution in [0.5, 0.6) is 5.75 Å². The van der Waals surface area contributed by atoms with Crippen LogP contribution in [-0.2, 0) is 11.3 Å². The Morgan fingerprint density at radius 2 is 2.00 bits per heavy atom. The average Bonchev–Trinajstić information content (AvgIpc) is 3.05. The molecule has 1 amide bonds. The van der Waals surface area contributed by atoms with E-state index in [0.29, 0.717) is 18.8 Å². The maximum absolute atomic E-state index is 12.2. The minimum atomic E-state index is -0.460. The molecule has 0 radical (unpaired) electrons. The molecule has 156 valence electrons. The first-order chi connectivity index (χ1) is 13.7. The fourth-order valence-electron chi connectivity index (χ4n) is 3.94. The molecule has 2 saturated heterocycles. The van der Waals surface area contributed by atoms with E-state index in [0.717, 1.165) is 37.6 Å². The lowest BCUT2D eigenvalue weighted by atomic mass is 9.73. The van der Waals surface area contributed by atoms with Gasteiger partial charge >= 0.3 is 6.09 Å². The summed E-state index contributed by atoms with van der Waals surface area (Å²) in [6, 6.07) is 7.67. The highest BCUT2D eigenvalue weighted by Gasteiger charge is 2.54. The Kier molecular flexibility index (Phi) is 4.80. The van der Waals surface area contributed by atoms with Crippen molar-refractivity contribution in [2.24, 2.45) is 5.41 Å². The standard InChI is InChI=1S/C21H29N5O3/c1-20(2,3)29-19(27)25-14-21(15-25)12-24(13-21)17-6-5-16(22)11-18(17)28-10-9-26-8-4-7-23-26/h4-8,11H,9-10,12-15,22H2,1-3H3. The van der Waals surface area contributed by atoms with Gasteiger partial charge in [-0.1, -0.05) is 0 Å². The Morgan fingerprint density at radius 1 is 1.24 bits per heavy atom. The van der Waals surface area contributed by atoms with Crippen molar-refractivity contribution in [1.29, 1.82) is 0 Å². The van der Waals surface area contributed by atoms with Gasteiger partial charge in [0, 0.05) is 55.7 Å². The number of anilines is 2. The van der Waals surface area contributed by atoms with Gasteiger partial charge < -0.3 is 25.0 Å². The predicted octanol–water partition coefficient (Wildman–Crippen LogP) is 2.60. The largest absolute Gasteiger partial charge is 0.489 e. The predicted molar refractivity (Wildman–Crippen MR) is 111 cm³/mol. The van der Waals surface area contributed by atoms with E-state index in [1.54, 1.807) is 11.1 Å². The number of ether oxygens (including phenoxy) is 2. The van der Waals surface area contributed by atoms with Crippen LogP contribution in [0.2, 0.25) is 0 Å². The van der Waals surface area contributed by atoms with Crippen LogP contribution >= 0.6 is 0 Å². The molecule has 0 saturated carbocycles. The van der Waals surface area contributed by atoms with Gasteiger partial charge in [0.15, 0.2) is 0 Å². The molecule has 4 rings (SSSR count). The number of aromatic nitrogens is 2. The number of nitrogens with two attached hydrogens (primary N) is 1. The lowest BCUT2D eigenvalue weighted by Crippen LogP contribution is -2.73. The first-order valence-corrected chi connectivity index (χ1v) is 9.96. The number of carbonyl (C=O) groups excluding carboxylic acids is 1. The van der Waals surface area contributed by atoms with Crippen LogP contribution in [0.4, 0.5) is 16.2 Å². The van der Waals surface area contributed by atoms with Crippen LogP contribution in [0.1, 0.15) is 20.8 Å². The number of rotatable bonds is 5. The van der Waals surface area contributed by atoms with Crippen molar-refractivity contribution in [3.63, 3.8) is 0 Å². The number of amides is 1. The van der Waals surface area contributed by atoms with Gasteiger partial charge in [0.25, 0.3) is 0 Å². The summed E-state index contributed by atoms with van der Waals surface area (Å²) in [5, 5.41) is 4.19. The molecule has 0 unspecified atom stereocenters. The molecule has 2 aliphatic rings. The summed E-state index contributed by atoms with van der Waals surface area (Å²) in [4.78, 5) is 16.2. The van der Waals surface area contributed by atoms with Gasteiger partial charge in [-0.2, -0.15) is 5.10 Å². The summed E-state index contributed by atoms with van der Waals surface area (Å²) < 4.78 is 13.3. The van der Waals surface area contributed by atoms with Gasteiger partial charge in [-0.25, -0.2) is 4.79 Å². The fraction of sp³-hybridized carbons (Fsp3) is 0.524. The van der Waals surface area contributed by atoms with Gasteiger partial charge in [0.05, 0.1) is 12.2 Å². The molecule has 2 N–H and O–H groups in total. The van der Waals surface area contributed by atoms with Crippen LogP contribution in [0.15, 0.2) is 36.7 Å². The van der Waals surface area contributed by atoms with Crippen LogP contribution in [0.3, 0.4) is 0 Å². The number of likely N-dealkylation sites (tertiary alicyclic amines) is 1. The zero-order valence-electron chi connectivity index (χ0n) is 17.3. The van der Waals surface area contributed by atoms with Crippen molar-refractivity contribution in [2.45, 2.75) is 32.9 Å². The van der Waals surface area contributed by atoms with E-state index in [2.05, 4.69) is 10.00 Å². The van der Waals surface area contributed by atoms with E-state index in [4.69, 9.17) is 15.2 Å². The molecule has 2 aromatic rings. The van der Waals surface area contributed by atoms with Crippen molar-refractivity contribution in [2.75, 3.05) is 43.4 Å². The molecule has 0 atom stereocenters. The third-order valence-electron chi connectivity index (χ3n) is 5.22. The number of nitrogens with zero attached hydrogens (tertiary/aromatic N) is 4.